The third kappa shape index (κ3) is 2.44. The Morgan fingerprint density at radius 3 is 2.90 bits per heavy atom. The number of hydrogen-bond donors (Lipinski definition) is 2. The predicted octanol–water partition coefficient (Wildman–Crippen LogP) is 2.40. The summed E-state index contributed by atoms with van der Waals surface area (Å²) >= 11 is 0. The van der Waals surface area contributed by atoms with Gasteiger partial charge < -0.3 is 15.0 Å². The van der Waals surface area contributed by atoms with E-state index in [1.165, 1.54) is 12.1 Å². The molecule has 0 amide bonds. The topological polar surface area (TPSA) is 49.9 Å². The molecule has 2 unspecified atom stereocenters. The monoisotopic (exact) mass is 279 g/mol. The summed E-state index contributed by atoms with van der Waals surface area (Å²) in [5.74, 6) is -0.455. The van der Waals surface area contributed by atoms with Crippen LogP contribution in [0.2, 0.25) is 0 Å². The van der Waals surface area contributed by atoms with Crippen LogP contribution in [0.5, 0.6) is 0 Å². The molecule has 0 bridgehead atoms. The Hall–Kier alpha value is -1.79. The van der Waals surface area contributed by atoms with Crippen molar-refractivity contribution in [3.05, 3.63) is 41.9 Å². The van der Waals surface area contributed by atoms with Gasteiger partial charge in [-0.3, -0.25) is 0 Å². The smallest absolute Gasteiger partial charge is 0.135 e. The first-order chi connectivity index (χ1) is 9.67. The maximum Gasteiger partial charge on any atom is 0.135 e. The second kappa shape index (κ2) is 5.30. The van der Waals surface area contributed by atoms with Crippen molar-refractivity contribution >= 4 is 0 Å². The number of benzene rings is 1. The molecule has 2 N–H and O–H groups in total. The fraction of sp³-hybridized carbons (Fsp3) is 0.357. The molecule has 1 aliphatic rings. The molecular formula is C14H15F2N3O. The lowest BCUT2D eigenvalue weighted by Crippen LogP contribution is -2.16. The largest absolute Gasteiger partial charge is 0.380 e. The van der Waals surface area contributed by atoms with Gasteiger partial charge >= 0.3 is 0 Å². The molecule has 0 spiro atoms. The zero-order chi connectivity index (χ0) is 14.1. The minimum atomic E-state index is -0.602. The molecule has 0 saturated carbocycles. The Morgan fingerprint density at radius 1 is 1.35 bits per heavy atom. The fourth-order valence-electron chi connectivity index (χ4n) is 2.45. The van der Waals surface area contributed by atoms with Crippen LogP contribution in [-0.4, -0.2) is 29.7 Å². The molecule has 20 heavy (non-hydrogen) atoms. The summed E-state index contributed by atoms with van der Waals surface area (Å²) in [5, 5.41) is 3.29. The maximum absolute atomic E-state index is 13.7. The van der Waals surface area contributed by atoms with Gasteiger partial charge in [-0.2, -0.15) is 0 Å². The molecule has 1 fully saturated rings. The van der Waals surface area contributed by atoms with E-state index in [4.69, 9.17) is 4.74 Å². The Morgan fingerprint density at radius 2 is 2.20 bits per heavy atom. The van der Waals surface area contributed by atoms with Gasteiger partial charge in [0.1, 0.15) is 17.5 Å². The van der Waals surface area contributed by atoms with Crippen LogP contribution in [0.3, 0.4) is 0 Å². The van der Waals surface area contributed by atoms with Crippen molar-refractivity contribution in [1.29, 1.82) is 0 Å². The van der Waals surface area contributed by atoms with Gasteiger partial charge in [-0.25, -0.2) is 13.8 Å². The van der Waals surface area contributed by atoms with Crippen LogP contribution in [0, 0.1) is 11.6 Å². The van der Waals surface area contributed by atoms with E-state index in [1.54, 1.807) is 13.3 Å². The zero-order valence-electron chi connectivity index (χ0n) is 11.0. The number of nitrogens with one attached hydrogen (secondary N) is 2. The number of nitrogens with zero attached hydrogens (tertiary/aromatic N) is 1. The van der Waals surface area contributed by atoms with E-state index in [-0.39, 0.29) is 12.1 Å². The van der Waals surface area contributed by atoms with Gasteiger partial charge in [0, 0.05) is 25.3 Å². The van der Waals surface area contributed by atoms with Crippen LogP contribution in [-0.2, 0) is 4.74 Å². The summed E-state index contributed by atoms with van der Waals surface area (Å²) in [7, 11) is 1.68. The van der Waals surface area contributed by atoms with Gasteiger partial charge in [0.05, 0.1) is 24.0 Å². The van der Waals surface area contributed by atoms with E-state index >= 15 is 0 Å². The number of rotatable bonds is 3. The molecular weight excluding hydrogens is 264 g/mol. The van der Waals surface area contributed by atoms with Crippen molar-refractivity contribution in [3.8, 4) is 11.3 Å². The Kier molecular flexibility index (Phi) is 3.50. The third-order valence-corrected chi connectivity index (χ3v) is 3.57. The van der Waals surface area contributed by atoms with Crippen LogP contribution in [0.4, 0.5) is 8.78 Å². The second-order valence-electron chi connectivity index (χ2n) is 4.86. The first-order valence-electron chi connectivity index (χ1n) is 6.44. The predicted molar refractivity (Wildman–Crippen MR) is 70.1 cm³/mol. The van der Waals surface area contributed by atoms with E-state index in [2.05, 4.69) is 15.3 Å². The fourth-order valence-corrected chi connectivity index (χ4v) is 2.45. The minimum absolute atomic E-state index is 0.0669. The van der Waals surface area contributed by atoms with Crippen LogP contribution in [0.1, 0.15) is 18.3 Å². The highest BCUT2D eigenvalue weighted by Gasteiger charge is 2.27. The molecule has 0 radical (unpaired) electrons. The van der Waals surface area contributed by atoms with Gasteiger partial charge in [0.15, 0.2) is 0 Å². The van der Waals surface area contributed by atoms with Gasteiger partial charge in [-0.1, -0.05) is 0 Å². The van der Waals surface area contributed by atoms with Crippen molar-refractivity contribution in [3.63, 3.8) is 0 Å². The lowest BCUT2D eigenvalue weighted by Gasteiger charge is -2.07. The average molecular weight is 279 g/mol. The molecule has 3 rings (SSSR count). The second-order valence-corrected chi connectivity index (χ2v) is 4.86. The molecule has 106 valence electrons. The highest BCUT2D eigenvalue weighted by atomic mass is 19.1. The summed E-state index contributed by atoms with van der Waals surface area (Å²) in [6.07, 6.45) is 2.54. The molecule has 2 aromatic rings. The molecule has 2 heterocycles. The normalized spacial score (nSPS) is 22.4. The van der Waals surface area contributed by atoms with Crippen LogP contribution < -0.4 is 5.32 Å². The number of aromatic nitrogens is 2. The zero-order valence-corrected chi connectivity index (χ0v) is 11.0. The quantitative estimate of drug-likeness (QED) is 0.907. The molecule has 0 aliphatic carbocycles. The maximum atomic E-state index is 13.7. The number of H-pyrrole nitrogens is 1. The van der Waals surface area contributed by atoms with Crippen LogP contribution in [0.25, 0.3) is 11.3 Å². The summed E-state index contributed by atoms with van der Waals surface area (Å²) < 4.78 is 31.9. The molecule has 1 aromatic carbocycles. The highest BCUT2D eigenvalue weighted by Crippen LogP contribution is 2.26. The molecule has 2 atom stereocenters. The van der Waals surface area contributed by atoms with E-state index in [0.717, 1.165) is 24.9 Å². The lowest BCUT2D eigenvalue weighted by molar-refractivity contribution is 0.117. The number of halogens is 2. The van der Waals surface area contributed by atoms with Gasteiger partial charge in [-0.15, -0.1) is 0 Å². The highest BCUT2D eigenvalue weighted by molar-refractivity contribution is 5.59. The number of hydrogen-bond acceptors (Lipinski definition) is 3. The lowest BCUT2D eigenvalue weighted by atomic mass is 10.1. The van der Waals surface area contributed by atoms with Crippen LogP contribution >= 0.6 is 0 Å². The summed E-state index contributed by atoms with van der Waals surface area (Å²) in [6, 6.07) is 3.57. The molecule has 1 aliphatic heterocycles. The molecule has 6 heteroatoms. The van der Waals surface area contributed by atoms with Crippen molar-refractivity contribution in [2.75, 3.05) is 13.7 Å². The first-order valence-corrected chi connectivity index (χ1v) is 6.44. The van der Waals surface area contributed by atoms with Crippen molar-refractivity contribution in [1.82, 2.24) is 15.3 Å². The first kappa shape index (κ1) is 13.2. The van der Waals surface area contributed by atoms with Gasteiger partial charge in [0.2, 0.25) is 0 Å². The summed E-state index contributed by atoms with van der Waals surface area (Å²) in [6.45, 7) is 0.766. The van der Waals surface area contributed by atoms with Gasteiger partial charge in [0.25, 0.3) is 0 Å². The number of ether oxygens (including phenoxy) is 1. The molecule has 1 saturated heterocycles. The van der Waals surface area contributed by atoms with Gasteiger partial charge in [-0.05, 0) is 18.6 Å². The Balaban J connectivity index is 1.83. The number of methoxy groups -OCH3 is 1. The SMILES string of the molecule is COC1CNC(c2ncc(-c3ccc(F)cc3F)[nH]2)C1. The Bertz CT molecular complexity index is 614. The van der Waals surface area contributed by atoms with E-state index in [0.29, 0.717) is 11.3 Å². The number of aromatic amines is 1. The van der Waals surface area contributed by atoms with Crippen molar-refractivity contribution in [2.45, 2.75) is 18.6 Å². The van der Waals surface area contributed by atoms with E-state index in [9.17, 15) is 8.78 Å². The minimum Gasteiger partial charge on any atom is -0.380 e. The van der Waals surface area contributed by atoms with E-state index in [1.807, 2.05) is 0 Å². The van der Waals surface area contributed by atoms with Crippen molar-refractivity contribution < 1.29 is 13.5 Å². The Labute approximate surface area is 115 Å². The standard InChI is InChI=1S/C14H15F2N3O/c1-20-9-5-12(17-6-9)14-18-7-13(19-14)10-3-2-8(15)4-11(10)16/h2-4,7,9,12,17H,5-6H2,1H3,(H,18,19). The number of imidazole rings is 1. The van der Waals surface area contributed by atoms with Crippen LogP contribution in [0.15, 0.2) is 24.4 Å². The molecule has 1 aromatic heterocycles. The third-order valence-electron chi connectivity index (χ3n) is 3.57. The van der Waals surface area contributed by atoms with E-state index < -0.39 is 11.6 Å². The molecule has 4 nitrogen and oxygen atoms in total. The van der Waals surface area contributed by atoms with Crippen molar-refractivity contribution in [2.24, 2.45) is 0 Å². The average Bonchev–Trinajstić information content (AvgIpc) is 3.07. The summed E-state index contributed by atoms with van der Waals surface area (Å²) in [4.78, 5) is 7.36. The summed E-state index contributed by atoms with van der Waals surface area (Å²) in [5.41, 5.74) is 0.853.